The number of benzene rings is 3. The number of ketones is 1. The van der Waals surface area contributed by atoms with Crippen molar-refractivity contribution in [1.82, 2.24) is 16.0 Å². The van der Waals surface area contributed by atoms with Gasteiger partial charge in [-0.15, -0.1) is 6.58 Å². The fourth-order valence-corrected chi connectivity index (χ4v) is 6.30. The highest BCUT2D eigenvalue weighted by atomic mass is 16.2. The van der Waals surface area contributed by atoms with Crippen LogP contribution in [0.2, 0.25) is 0 Å². The lowest BCUT2D eigenvalue weighted by Crippen LogP contribution is -2.46. The standard InChI is InChI=1S/C38H47N3O4/c1-4-5-17-32(23-30-19-20-39-37(30)44)40-38(45)31(21-26(2)3)25-35(42)34(41-36(43)22-27-12-7-6-8-13-27)24-29-16-11-15-28-14-9-10-18-33(28)29/h4,6-16,18,26,30-32,34H,1,5,17,19-25H2,2-3H3,(H,39,44)(H,40,45)(H,41,43)/t30-,31+,32+,34-/m0/s1. The molecule has 45 heavy (non-hydrogen) atoms. The Morgan fingerprint density at radius 3 is 2.42 bits per heavy atom. The molecule has 0 aliphatic carbocycles. The van der Waals surface area contributed by atoms with Crippen LogP contribution in [-0.2, 0) is 32.0 Å². The van der Waals surface area contributed by atoms with Gasteiger partial charge in [-0.05, 0) is 59.9 Å². The minimum Gasteiger partial charge on any atom is -0.356 e. The molecule has 3 amide bonds. The van der Waals surface area contributed by atoms with Crippen LogP contribution in [0.15, 0.2) is 85.5 Å². The molecular formula is C38H47N3O4. The number of carbonyl (C=O) groups excluding carboxylic acids is 4. The summed E-state index contributed by atoms with van der Waals surface area (Å²) in [6.07, 6.45) is 5.58. The lowest BCUT2D eigenvalue weighted by Gasteiger charge is -2.26. The van der Waals surface area contributed by atoms with E-state index in [4.69, 9.17) is 0 Å². The number of hydrogen-bond donors (Lipinski definition) is 3. The number of nitrogens with one attached hydrogen (secondary N) is 3. The van der Waals surface area contributed by atoms with Crippen molar-refractivity contribution >= 4 is 34.3 Å². The first-order valence-corrected chi connectivity index (χ1v) is 16.2. The molecule has 0 unspecified atom stereocenters. The number of fused-ring (bicyclic) bond motifs is 1. The van der Waals surface area contributed by atoms with Gasteiger partial charge in [0.25, 0.3) is 0 Å². The Bertz CT molecular complexity index is 1460. The van der Waals surface area contributed by atoms with Crippen molar-refractivity contribution in [3.8, 4) is 0 Å². The Labute approximate surface area is 267 Å². The molecule has 1 saturated heterocycles. The minimum absolute atomic E-state index is 0.0170. The molecular weight excluding hydrogens is 562 g/mol. The third-order valence-electron chi connectivity index (χ3n) is 8.61. The Hall–Kier alpha value is -4.26. The van der Waals surface area contributed by atoms with Crippen LogP contribution in [0, 0.1) is 17.8 Å². The molecule has 4 atom stereocenters. The topological polar surface area (TPSA) is 104 Å². The molecule has 0 aromatic heterocycles. The van der Waals surface area contributed by atoms with E-state index in [0.717, 1.165) is 28.3 Å². The summed E-state index contributed by atoms with van der Waals surface area (Å²) in [6.45, 7) is 8.56. The Morgan fingerprint density at radius 1 is 0.978 bits per heavy atom. The van der Waals surface area contributed by atoms with E-state index in [1.165, 1.54) is 0 Å². The summed E-state index contributed by atoms with van der Waals surface area (Å²) in [6, 6.07) is 22.5. The molecule has 0 saturated carbocycles. The van der Waals surface area contributed by atoms with E-state index in [2.05, 4.69) is 22.5 Å². The van der Waals surface area contributed by atoms with Gasteiger partial charge in [0.05, 0.1) is 12.5 Å². The molecule has 3 aromatic rings. The first-order chi connectivity index (χ1) is 21.7. The van der Waals surface area contributed by atoms with Gasteiger partial charge in [0.1, 0.15) is 0 Å². The van der Waals surface area contributed by atoms with E-state index in [-0.39, 0.29) is 54.2 Å². The Balaban J connectivity index is 1.53. The molecule has 1 aliphatic rings. The molecule has 0 spiro atoms. The fourth-order valence-electron chi connectivity index (χ4n) is 6.30. The summed E-state index contributed by atoms with van der Waals surface area (Å²) in [5, 5.41) is 11.2. The Kier molecular flexibility index (Phi) is 12.5. The van der Waals surface area contributed by atoms with Crippen molar-refractivity contribution < 1.29 is 19.2 Å². The third-order valence-corrected chi connectivity index (χ3v) is 8.61. The predicted octanol–water partition coefficient (Wildman–Crippen LogP) is 5.71. The van der Waals surface area contributed by atoms with Crippen molar-refractivity contribution in [3.63, 3.8) is 0 Å². The fraction of sp³-hybridized carbons (Fsp3) is 0.421. The average molecular weight is 610 g/mol. The molecule has 3 aromatic carbocycles. The van der Waals surface area contributed by atoms with Gasteiger partial charge < -0.3 is 16.0 Å². The number of rotatable bonds is 17. The molecule has 238 valence electrons. The van der Waals surface area contributed by atoms with Gasteiger partial charge in [0.2, 0.25) is 17.7 Å². The summed E-state index contributed by atoms with van der Waals surface area (Å²) in [5.74, 6) is -1.04. The van der Waals surface area contributed by atoms with E-state index in [0.29, 0.717) is 38.6 Å². The summed E-state index contributed by atoms with van der Waals surface area (Å²) >= 11 is 0. The molecule has 7 heteroatoms. The first-order valence-electron chi connectivity index (χ1n) is 16.2. The van der Waals surface area contributed by atoms with Crippen molar-refractivity contribution in [3.05, 3.63) is 96.6 Å². The van der Waals surface area contributed by atoms with Crippen molar-refractivity contribution in [2.75, 3.05) is 6.54 Å². The number of allylic oxidation sites excluding steroid dienone is 1. The molecule has 1 fully saturated rings. The van der Waals surface area contributed by atoms with E-state index < -0.39 is 12.0 Å². The quantitative estimate of drug-likeness (QED) is 0.171. The second-order valence-corrected chi connectivity index (χ2v) is 12.7. The van der Waals surface area contributed by atoms with Crippen LogP contribution >= 0.6 is 0 Å². The van der Waals surface area contributed by atoms with Gasteiger partial charge in [-0.2, -0.15) is 0 Å². The maximum absolute atomic E-state index is 14.1. The second kappa shape index (κ2) is 16.7. The van der Waals surface area contributed by atoms with Crippen LogP contribution in [0.3, 0.4) is 0 Å². The maximum atomic E-state index is 14.1. The molecule has 7 nitrogen and oxygen atoms in total. The summed E-state index contributed by atoms with van der Waals surface area (Å²) < 4.78 is 0. The molecule has 0 radical (unpaired) electrons. The van der Waals surface area contributed by atoms with Crippen molar-refractivity contribution in [2.24, 2.45) is 17.8 Å². The zero-order valence-corrected chi connectivity index (χ0v) is 26.6. The van der Waals surface area contributed by atoms with Crippen molar-refractivity contribution in [1.29, 1.82) is 0 Å². The monoisotopic (exact) mass is 609 g/mol. The smallest absolute Gasteiger partial charge is 0.225 e. The summed E-state index contributed by atoms with van der Waals surface area (Å²) in [7, 11) is 0. The molecule has 4 rings (SSSR count). The van der Waals surface area contributed by atoms with E-state index in [1.807, 2.05) is 92.7 Å². The minimum atomic E-state index is -0.784. The Morgan fingerprint density at radius 2 is 1.71 bits per heavy atom. The summed E-state index contributed by atoms with van der Waals surface area (Å²) in [4.78, 5) is 53.4. The van der Waals surface area contributed by atoms with Gasteiger partial charge in [-0.1, -0.05) is 92.7 Å². The number of carbonyl (C=O) groups is 4. The van der Waals surface area contributed by atoms with Crippen LogP contribution in [0.4, 0.5) is 0 Å². The number of amides is 3. The second-order valence-electron chi connectivity index (χ2n) is 12.7. The first kappa shape index (κ1) is 33.6. The highest BCUT2D eigenvalue weighted by Gasteiger charge is 2.32. The normalized spacial score (nSPS) is 16.5. The van der Waals surface area contributed by atoms with E-state index in [9.17, 15) is 19.2 Å². The van der Waals surface area contributed by atoms with Gasteiger partial charge >= 0.3 is 0 Å². The van der Waals surface area contributed by atoms with Crippen LogP contribution in [0.1, 0.15) is 63.5 Å². The predicted molar refractivity (Wildman–Crippen MR) is 179 cm³/mol. The van der Waals surface area contributed by atoms with E-state index in [1.54, 1.807) is 0 Å². The molecule has 1 aliphatic heterocycles. The third kappa shape index (κ3) is 10.1. The van der Waals surface area contributed by atoms with Gasteiger partial charge in [-0.25, -0.2) is 0 Å². The van der Waals surface area contributed by atoms with Crippen LogP contribution in [0.5, 0.6) is 0 Å². The van der Waals surface area contributed by atoms with Crippen LogP contribution < -0.4 is 16.0 Å². The van der Waals surface area contributed by atoms with Gasteiger partial charge in [-0.3, -0.25) is 19.2 Å². The van der Waals surface area contributed by atoms with Gasteiger partial charge in [0, 0.05) is 37.3 Å². The lowest BCUT2D eigenvalue weighted by atomic mass is 9.87. The van der Waals surface area contributed by atoms with E-state index >= 15 is 0 Å². The zero-order chi connectivity index (χ0) is 32.2. The SMILES string of the molecule is C=CCC[C@H](C[C@@H]1CCNC1=O)NC(=O)[C@@H](CC(=O)[C@H](Cc1cccc2ccccc12)NC(=O)Cc1ccccc1)CC(C)C. The maximum Gasteiger partial charge on any atom is 0.225 e. The lowest BCUT2D eigenvalue weighted by molar-refractivity contribution is -0.132. The zero-order valence-electron chi connectivity index (χ0n) is 26.6. The number of Topliss-reactive ketones (excluding diaryl/α,β-unsaturated/α-hetero) is 1. The molecule has 3 N–H and O–H groups in total. The highest BCUT2D eigenvalue weighted by molar-refractivity contribution is 5.94. The summed E-state index contributed by atoms with van der Waals surface area (Å²) in [5.41, 5.74) is 1.83. The largest absolute Gasteiger partial charge is 0.356 e. The van der Waals surface area contributed by atoms with Crippen LogP contribution in [-0.4, -0.2) is 42.1 Å². The molecule has 1 heterocycles. The highest BCUT2D eigenvalue weighted by Crippen LogP contribution is 2.24. The molecule has 0 bridgehead atoms. The number of hydrogen-bond acceptors (Lipinski definition) is 4. The van der Waals surface area contributed by atoms with Gasteiger partial charge in [0.15, 0.2) is 5.78 Å². The van der Waals surface area contributed by atoms with Crippen molar-refractivity contribution in [2.45, 2.75) is 77.3 Å². The van der Waals surface area contributed by atoms with Crippen LogP contribution in [0.25, 0.3) is 10.8 Å². The average Bonchev–Trinajstić information content (AvgIpc) is 3.43.